The van der Waals surface area contributed by atoms with Crippen molar-refractivity contribution in [3.8, 4) is 0 Å². The van der Waals surface area contributed by atoms with Crippen LogP contribution in [0.25, 0.3) is 0 Å². The maximum atomic E-state index is 13.2. The van der Waals surface area contributed by atoms with Gasteiger partial charge >= 0.3 is 0 Å². The summed E-state index contributed by atoms with van der Waals surface area (Å²) in [5.74, 6) is 1.17. The third-order valence-electron chi connectivity index (χ3n) is 14.3. The van der Waals surface area contributed by atoms with Gasteiger partial charge in [-0.1, -0.05) is 58.3 Å². The van der Waals surface area contributed by atoms with Crippen LogP contribution in [0, 0.1) is 0 Å². The predicted molar refractivity (Wildman–Crippen MR) is 320 cm³/mol. The van der Waals surface area contributed by atoms with Crippen LogP contribution in [0.1, 0.15) is 42.6 Å². The third-order valence-corrected chi connectivity index (χ3v) is 16.5. The van der Waals surface area contributed by atoms with Crippen LogP contribution in [-0.4, -0.2) is 198 Å². The minimum absolute atomic E-state index is 0.153. The lowest BCUT2D eigenvalue weighted by Gasteiger charge is -2.36. The summed E-state index contributed by atoms with van der Waals surface area (Å²) >= 11 is 3.87. The smallest absolute Gasteiger partial charge is 0.259 e. The normalized spacial score (nSPS) is 19.1. The summed E-state index contributed by atoms with van der Waals surface area (Å²) in [6.07, 6.45) is 9.07. The molecule has 0 saturated carbocycles. The number of rotatable bonds is 19. The maximum Gasteiger partial charge on any atom is 0.259 e. The number of halogens is 2. The lowest BCUT2D eigenvalue weighted by atomic mass is 10.1. The van der Waals surface area contributed by atoms with Crippen LogP contribution in [-0.2, 0) is 19.1 Å². The lowest BCUT2D eigenvalue weighted by molar-refractivity contribution is -0.126. The Labute approximate surface area is 502 Å². The van der Waals surface area contributed by atoms with E-state index in [2.05, 4.69) is 117 Å². The molecule has 0 radical (unpaired) electrons. The van der Waals surface area contributed by atoms with Gasteiger partial charge in [-0.2, -0.15) is 15.3 Å². The van der Waals surface area contributed by atoms with Gasteiger partial charge in [0.15, 0.2) is 12.2 Å². The van der Waals surface area contributed by atoms with Crippen LogP contribution in [0.15, 0.2) is 85.7 Å². The van der Waals surface area contributed by atoms with Gasteiger partial charge in [0.05, 0.1) is 63.4 Å². The molecule has 13 rings (SSSR count). The van der Waals surface area contributed by atoms with E-state index in [0.29, 0.717) is 86.9 Å². The topological polar surface area (TPSA) is 348 Å². The number of hydrogen-bond donors (Lipinski definition) is 6. The maximum absolute atomic E-state index is 13.2. The number of hydrogen-bond acceptors (Lipinski definition) is 31. The van der Waals surface area contributed by atoms with Gasteiger partial charge in [-0.3, -0.25) is 20.2 Å². The van der Waals surface area contributed by atoms with Crippen molar-refractivity contribution in [2.45, 2.75) is 61.9 Å². The first kappa shape index (κ1) is 58.8. The standard InChI is InChI=1S/2C21H24FN9O2S.C9H12N8S/c2*1-33-17(13-3-2-4-16(9-13)31-10-14(22)11-31)18(32)26-21-29-28-20(34-21)25-15-5-8-30(12-15)19-23-6-7-24-27-19;10-7-14-16-9(18-7)13-6-1-4-17(5-6)8-11-2-3-12-15-8/h2*2-4,6-7,9,14-15,17H,5,8,10-12H2,1H3,(H,25,28)(H,26,29,32);2-3,6H,1,4-5H2,(H2,10,14)(H,13,16)/t15-,17+;15-,17-;6-/m111/s1. The van der Waals surface area contributed by atoms with Crippen LogP contribution in [0.2, 0.25) is 0 Å². The summed E-state index contributed by atoms with van der Waals surface area (Å²) in [5, 5.41) is 66.6. The van der Waals surface area contributed by atoms with Crippen LogP contribution >= 0.6 is 34.0 Å². The fraction of sp³-hybridized carbons (Fsp3) is 0.431. The second-order valence-corrected chi connectivity index (χ2v) is 23.2. The monoisotopic (exact) mass is 1230 g/mol. The Kier molecular flexibility index (Phi) is 19.0. The average Bonchev–Trinajstić information content (AvgIpc) is 3.59. The highest BCUT2D eigenvalue weighted by atomic mass is 32.1. The van der Waals surface area contributed by atoms with Gasteiger partial charge in [0.25, 0.3) is 11.8 Å². The first-order valence-corrected chi connectivity index (χ1v) is 29.8. The molecule has 0 bridgehead atoms. The largest absolute Gasteiger partial charge is 0.374 e. The summed E-state index contributed by atoms with van der Waals surface area (Å²) in [5.41, 5.74) is 8.64. The molecule has 30 nitrogen and oxygen atoms in total. The minimum atomic E-state index is -0.828. The summed E-state index contributed by atoms with van der Waals surface area (Å²) in [6, 6.07) is 15.4. The van der Waals surface area contributed by atoms with Gasteiger partial charge in [0.2, 0.25) is 48.6 Å². The number of nitrogens with one attached hydrogen (secondary N) is 5. The molecule has 5 aliphatic heterocycles. The highest BCUT2D eigenvalue weighted by molar-refractivity contribution is 7.19. The molecule has 8 aromatic rings. The van der Waals surface area contributed by atoms with Crippen molar-refractivity contribution >= 4 is 106 Å². The molecule has 11 heterocycles. The SMILES string of the molecule is CO[C@@H](C(=O)Nc1nnc(N[C@@H]2CCN(c3nccnn3)C2)s1)c1cccc(N2CC(F)C2)c1.CO[C@H](C(=O)Nc1nnc(N[C@@H]2CCN(c3nccnn3)C2)s1)c1cccc(N2CC(F)C2)c1.Nc1nnc(N[C@@H]2CCN(c3nccnn3)C2)s1. The number of anilines is 11. The van der Waals surface area contributed by atoms with Crippen LogP contribution in [0.5, 0.6) is 0 Å². The van der Waals surface area contributed by atoms with Crippen molar-refractivity contribution in [2.24, 2.45) is 0 Å². The lowest BCUT2D eigenvalue weighted by Crippen LogP contribution is -2.48. The fourth-order valence-electron chi connectivity index (χ4n) is 9.99. The van der Waals surface area contributed by atoms with Gasteiger partial charge in [-0.15, -0.1) is 45.9 Å². The van der Waals surface area contributed by atoms with Gasteiger partial charge in [0.1, 0.15) is 12.3 Å². The zero-order chi connectivity index (χ0) is 59.4. The molecule has 0 spiro atoms. The number of nitrogens with zero attached hydrogens (tertiary/aromatic N) is 20. The number of aromatic nitrogens is 15. The molecule has 2 amide bonds. The Hall–Kier alpha value is -8.93. The van der Waals surface area contributed by atoms with E-state index >= 15 is 0 Å². The van der Waals surface area contributed by atoms with Crippen molar-refractivity contribution in [3.05, 3.63) is 96.8 Å². The molecule has 0 aliphatic carbocycles. The first-order chi connectivity index (χ1) is 42.0. The molecule has 5 saturated heterocycles. The number of ether oxygens (including phenoxy) is 2. The van der Waals surface area contributed by atoms with Crippen LogP contribution in [0.3, 0.4) is 0 Å². The Morgan fingerprint density at radius 2 is 0.872 bits per heavy atom. The van der Waals surface area contributed by atoms with E-state index in [1.165, 1.54) is 48.2 Å². The molecule has 5 atom stereocenters. The summed E-state index contributed by atoms with van der Waals surface area (Å²) < 4.78 is 37.4. The molecule has 450 valence electrons. The van der Waals surface area contributed by atoms with E-state index in [1.807, 2.05) is 58.3 Å². The van der Waals surface area contributed by atoms with Gasteiger partial charge < -0.3 is 55.7 Å². The number of nitrogen functional groups attached to an aromatic ring is 1. The summed E-state index contributed by atoms with van der Waals surface area (Å²) in [6.45, 7) is 6.23. The quantitative estimate of drug-likeness (QED) is 0.0670. The molecule has 5 fully saturated rings. The number of carbonyl (C=O) groups excluding carboxylic acids is 2. The van der Waals surface area contributed by atoms with E-state index in [-0.39, 0.29) is 23.9 Å². The predicted octanol–water partition coefficient (Wildman–Crippen LogP) is 3.79. The second-order valence-electron chi connectivity index (χ2n) is 20.2. The Morgan fingerprint density at radius 1 is 0.500 bits per heavy atom. The van der Waals surface area contributed by atoms with E-state index < -0.39 is 24.6 Å². The number of alkyl halides is 2. The number of methoxy groups -OCH3 is 2. The number of carbonyl (C=O) groups is 2. The zero-order valence-electron chi connectivity index (χ0n) is 46.5. The Morgan fingerprint density at radius 3 is 1.21 bits per heavy atom. The van der Waals surface area contributed by atoms with Crippen molar-refractivity contribution in [2.75, 3.05) is 136 Å². The van der Waals surface area contributed by atoms with Gasteiger partial charge in [0, 0.05) is 83.0 Å². The van der Waals surface area contributed by atoms with Crippen molar-refractivity contribution in [1.29, 1.82) is 0 Å². The Bertz CT molecular complexity index is 3290. The van der Waals surface area contributed by atoms with Crippen LogP contribution < -0.4 is 56.8 Å². The molecule has 2 aromatic carbocycles. The average molecular weight is 1240 g/mol. The molecule has 6 aromatic heterocycles. The van der Waals surface area contributed by atoms with Crippen LogP contribution in [0.4, 0.5) is 68.8 Å². The molecular weight excluding hydrogens is 1170 g/mol. The molecule has 5 aliphatic rings. The number of nitrogens with two attached hydrogens (primary N) is 1. The molecular formula is C51H60F2N26O4S3. The minimum Gasteiger partial charge on any atom is -0.374 e. The van der Waals surface area contributed by atoms with Crippen molar-refractivity contribution < 1.29 is 27.8 Å². The summed E-state index contributed by atoms with van der Waals surface area (Å²) in [4.78, 5) is 48.5. The zero-order valence-corrected chi connectivity index (χ0v) is 48.9. The van der Waals surface area contributed by atoms with E-state index in [9.17, 15) is 18.4 Å². The van der Waals surface area contributed by atoms with Gasteiger partial charge in [-0.05, 0) is 54.7 Å². The van der Waals surface area contributed by atoms with Crippen molar-refractivity contribution in [1.82, 2.24) is 76.1 Å². The Balaban J connectivity index is 0.000000140. The number of benzene rings is 2. The van der Waals surface area contributed by atoms with E-state index in [4.69, 9.17) is 15.2 Å². The summed E-state index contributed by atoms with van der Waals surface area (Å²) in [7, 11) is 2.95. The van der Waals surface area contributed by atoms with E-state index in [0.717, 1.165) is 75.0 Å². The molecule has 35 heteroatoms. The van der Waals surface area contributed by atoms with E-state index in [1.54, 1.807) is 37.2 Å². The molecule has 0 unspecified atom stereocenters. The van der Waals surface area contributed by atoms with Gasteiger partial charge in [-0.25, -0.2) is 23.7 Å². The molecule has 7 N–H and O–H groups in total. The molecule has 86 heavy (non-hydrogen) atoms. The number of amides is 2. The first-order valence-electron chi connectivity index (χ1n) is 27.4. The van der Waals surface area contributed by atoms with Crippen molar-refractivity contribution in [3.63, 3.8) is 0 Å². The highest BCUT2D eigenvalue weighted by Gasteiger charge is 2.32. The third kappa shape index (κ3) is 15.1. The second kappa shape index (κ2) is 27.8. The highest BCUT2D eigenvalue weighted by Crippen LogP contribution is 2.32. The fourth-order valence-corrected chi connectivity index (χ4v) is 12.0.